The Bertz CT molecular complexity index is 648. The van der Waals surface area contributed by atoms with E-state index in [0.29, 0.717) is 18.1 Å². The van der Waals surface area contributed by atoms with Crippen molar-refractivity contribution in [2.24, 2.45) is 0 Å². The second-order valence-electron chi connectivity index (χ2n) is 5.01. The molecule has 1 aromatic carbocycles. The molecule has 0 amide bonds. The second-order valence-corrected chi connectivity index (χ2v) is 6.30. The summed E-state index contributed by atoms with van der Waals surface area (Å²) in [6.45, 7) is 4.17. The summed E-state index contributed by atoms with van der Waals surface area (Å²) in [4.78, 5) is 11.8. The van der Waals surface area contributed by atoms with E-state index in [-0.39, 0.29) is 23.4 Å². The number of rotatable bonds is 8. The number of nitrogens with zero attached hydrogens (tertiary/aromatic N) is 2. The highest BCUT2D eigenvalue weighted by molar-refractivity contribution is 8.00. The third-order valence-corrected chi connectivity index (χ3v) is 4.01. The molecule has 0 saturated carbocycles. The van der Waals surface area contributed by atoms with Gasteiger partial charge in [-0.2, -0.15) is 0 Å². The molecule has 5 nitrogen and oxygen atoms in total. The largest absolute Gasteiger partial charge is 0.465 e. The van der Waals surface area contributed by atoms with E-state index in [2.05, 4.69) is 10.2 Å². The van der Waals surface area contributed by atoms with Crippen LogP contribution in [0.4, 0.5) is 4.39 Å². The number of thioether (sulfide) groups is 1. The van der Waals surface area contributed by atoms with Gasteiger partial charge in [0.15, 0.2) is 0 Å². The van der Waals surface area contributed by atoms with Crippen molar-refractivity contribution in [2.45, 2.75) is 43.6 Å². The lowest BCUT2D eigenvalue weighted by Crippen LogP contribution is -2.17. The molecule has 0 spiro atoms. The summed E-state index contributed by atoms with van der Waals surface area (Å²) < 4.78 is 24.2. The standard InChI is InChI=1S/C16H19FN2O3S/c1-3-4-9-21-15(20)11(2)23-16-19-18-14(22-16)10-12-7-5-6-8-13(12)17/h5-8,11H,3-4,9-10H2,1-2H3. The third kappa shape index (κ3) is 5.35. The molecular weight excluding hydrogens is 319 g/mol. The Kier molecular flexibility index (Phi) is 6.58. The van der Waals surface area contributed by atoms with Crippen molar-refractivity contribution in [1.29, 1.82) is 0 Å². The normalized spacial score (nSPS) is 12.1. The molecule has 0 aliphatic carbocycles. The minimum Gasteiger partial charge on any atom is -0.465 e. The monoisotopic (exact) mass is 338 g/mol. The maximum absolute atomic E-state index is 13.6. The first-order valence-corrected chi connectivity index (χ1v) is 8.37. The highest BCUT2D eigenvalue weighted by Gasteiger charge is 2.19. The molecule has 1 atom stereocenters. The van der Waals surface area contributed by atoms with Crippen LogP contribution >= 0.6 is 11.8 Å². The van der Waals surface area contributed by atoms with Crippen LogP contribution in [0.5, 0.6) is 0 Å². The van der Waals surface area contributed by atoms with Gasteiger partial charge in [-0.1, -0.05) is 43.3 Å². The Morgan fingerprint density at radius 3 is 2.91 bits per heavy atom. The first-order chi connectivity index (χ1) is 11.1. The number of unbranched alkanes of at least 4 members (excludes halogenated alkanes) is 1. The van der Waals surface area contributed by atoms with E-state index >= 15 is 0 Å². The quantitative estimate of drug-likeness (QED) is 0.416. The summed E-state index contributed by atoms with van der Waals surface area (Å²) in [6, 6.07) is 6.43. The lowest BCUT2D eigenvalue weighted by Gasteiger charge is -2.08. The fourth-order valence-corrected chi connectivity index (χ4v) is 2.49. The Morgan fingerprint density at radius 2 is 2.17 bits per heavy atom. The van der Waals surface area contributed by atoms with Gasteiger partial charge in [0.25, 0.3) is 5.22 Å². The maximum atomic E-state index is 13.6. The van der Waals surface area contributed by atoms with Crippen molar-refractivity contribution in [3.8, 4) is 0 Å². The number of hydrogen-bond acceptors (Lipinski definition) is 6. The molecule has 0 radical (unpaired) electrons. The molecule has 2 rings (SSSR count). The van der Waals surface area contributed by atoms with Crippen molar-refractivity contribution < 1.29 is 18.3 Å². The van der Waals surface area contributed by atoms with Gasteiger partial charge in [-0.15, -0.1) is 10.2 Å². The van der Waals surface area contributed by atoms with Crippen molar-refractivity contribution in [2.75, 3.05) is 6.61 Å². The summed E-state index contributed by atoms with van der Waals surface area (Å²) >= 11 is 1.14. The van der Waals surface area contributed by atoms with Gasteiger partial charge in [-0.3, -0.25) is 4.79 Å². The number of carbonyl (C=O) groups excluding carboxylic acids is 1. The number of ether oxygens (including phenoxy) is 1. The number of aromatic nitrogens is 2. The van der Waals surface area contributed by atoms with Crippen LogP contribution in [0.3, 0.4) is 0 Å². The van der Waals surface area contributed by atoms with Crippen LogP contribution in [0.2, 0.25) is 0 Å². The summed E-state index contributed by atoms with van der Waals surface area (Å²) in [5.74, 6) is -0.311. The highest BCUT2D eigenvalue weighted by Crippen LogP contribution is 2.23. The van der Waals surface area contributed by atoms with Crippen LogP contribution in [0.15, 0.2) is 33.9 Å². The number of hydrogen-bond donors (Lipinski definition) is 0. The molecule has 0 N–H and O–H groups in total. The molecule has 124 valence electrons. The molecule has 0 saturated heterocycles. The molecule has 0 fully saturated rings. The van der Waals surface area contributed by atoms with E-state index in [4.69, 9.17) is 9.15 Å². The zero-order valence-corrected chi connectivity index (χ0v) is 13.9. The van der Waals surface area contributed by atoms with Gasteiger partial charge in [0.1, 0.15) is 11.1 Å². The van der Waals surface area contributed by atoms with Crippen LogP contribution in [0.25, 0.3) is 0 Å². The maximum Gasteiger partial charge on any atom is 0.319 e. The molecule has 7 heteroatoms. The predicted octanol–water partition coefficient (Wildman–Crippen LogP) is 3.62. The van der Waals surface area contributed by atoms with Gasteiger partial charge in [0, 0.05) is 0 Å². The fraction of sp³-hybridized carbons (Fsp3) is 0.438. The smallest absolute Gasteiger partial charge is 0.319 e. The molecule has 0 bridgehead atoms. The van der Waals surface area contributed by atoms with Gasteiger partial charge in [0.05, 0.1) is 13.0 Å². The van der Waals surface area contributed by atoms with Gasteiger partial charge in [0.2, 0.25) is 5.89 Å². The molecular formula is C16H19FN2O3S. The van der Waals surface area contributed by atoms with Gasteiger partial charge < -0.3 is 9.15 Å². The minimum absolute atomic E-state index is 0.218. The van der Waals surface area contributed by atoms with Gasteiger partial charge >= 0.3 is 5.97 Å². The fourth-order valence-electron chi connectivity index (χ4n) is 1.80. The van der Waals surface area contributed by atoms with E-state index in [9.17, 15) is 9.18 Å². The number of halogens is 1. The molecule has 0 aliphatic rings. The topological polar surface area (TPSA) is 65.2 Å². The van der Waals surface area contributed by atoms with Crippen molar-refractivity contribution in [1.82, 2.24) is 10.2 Å². The van der Waals surface area contributed by atoms with Crippen LogP contribution in [-0.4, -0.2) is 28.0 Å². The van der Waals surface area contributed by atoms with Crippen molar-refractivity contribution in [3.63, 3.8) is 0 Å². The van der Waals surface area contributed by atoms with Crippen molar-refractivity contribution in [3.05, 3.63) is 41.5 Å². The van der Waals surface area contributed by atoms with Crippen LogP contribution < -0.4 is 0 Å². The van der Waals surface area contributed by atoms with E-state index < -0.39 is 5.25 Å². The molecule has 1 aromatic heterocycles. The molecule has 2 aromatic rings. The van der Waals surface area contributed by atoms with E-state index in [1.165, 1.54) is 6.07 Å². The third-order valence-electron chi connectivity index (χ3n) is 3.10. The Balaban J connectivity index is 1.89. The van der Waals surface area contributed by atoms with E-state index in [1.54, 1.807) is 25.1 Å². The van der Waals surface area contributed by atoms with Gasteiger partial charge in [-0.25, -0.2) is 4.39 Å². The Hall–Kier alpha value is -1.89. The molecule has 23 heavy (non-hydrogen) atoms. The zero-order valence-electron chi connectivity index (χ0n) is 13.1. The average Bonchev–Trinajstić information content (AvgIpc) is 2.97. The van der Waals surface area contributed by atoms with Crippen LogP contribution in [0.1, 0.15) is 38.1 Å². The lowest BCUT2D eigenvalue weighted by molar-refractivity contribution is -0.142. The first kappa shape index (κ1) is 17.5. The summed E-state index contributed by atoms with van der Waals surface area (Å²) in [5, 5.41) is 7.60. The second kappa shape index (κ2) is 8.67. The number of esters is 1. The van der Waals surface area contributed by atoms with Gasteiger partial charge in [-0.05, 0) is 25.0 Å². The summed E-state index contributed by atoms with van der Waals surface area (Å²) in [5.41, 5.74) is 0.486. The van der Waals surface area contributed by atoms with Crippen LogP contribution in [0, 0.1) is 5.82 Å². The molecule has 1 unspecified atom stereocenters. The Morgan fingerprint density at radius 1 is 1.39 bits per heavy atom. The van der Waals surface area contributed by atoms with E-state index in [1.807, 2.05) is 6.92 Å². The van der Waals surface area contributed by atoms with Crippen molar-refractivity contribution >= 4 is 17.7 Å². The number of benzene rings is 1. The highest BCUT2D eigenvalue weighted by atomic mass is 32.2. The minimum atomic E-state index is -0.436. The molecule has 1 heterocycles. The predicted molar refractivity (Wildman–Crippen MR) is 84.7 cm³/mol. The SMILES string of the molecule is CCCCOC(=O)C(C)Sc1nnc(Cc2ccccc2F)o1. The number of carbonyl (C=O) groups is 1. The average molecular weight is 338 g/mol. The van der Waals surface area contributed by atoms with Crippen LogP contribution in [-0.2, 0) is 16.0 Å². The lowest BCUT2D eigenvalue weighted by atomic mass is 10.1. The Labute approximate surface area is 138 Å². The first-order valence-electron chi connectivity index (χ1n) is 7.49. The summed E-state index contributed by atoms with van der Waals surface area (Å²) in [6.07, 6.45) is 2.03. The van der Waals surface area contributed by atoms with E-state index in [0.717, 1.165) is 24.6 Å². The molecule has 0 aliphatic heterocycles. The summed E-state index contributed by atoms with van der Waals surface area (Å²) in [7, 11) is 0. The zero-order chi connectivity index (χ0) is 16.7.